The maximum absolute atomic E-state index is 13.0. The van der Waals surface area contributed by atoms with Gasteiger partial charge in [-0.05, 0) is 41.1 Å². The molecule has 110 valence electrons. The first-order chi connectivity index (χ1) is 9.47. The van der Waals surface area contributed by atoms with E-state index in [-0.39, 0.29) is 17.8 Å². The molecule has 0 bridgehead atoms. The zero-order valence-corrected chi connectivity index (χ0v) is 12.9. The number of nitrogens with zero attached hydrogens (tertiary/aromatic N) is 2. The summed E-state index contributed by atoms with van der Waals surface area (Å²) in [5, 5.41) is 9.36. The molecule has 1 fully saturated rings. The molecular weight excluding hydrogens is 327 g/mol. The van der Waals surface area contributed by atoms with Gasteiger partial charge in [0.15, 0.2) is 0 Å². The molecule has 6 heteroatoms. The fourth-order valence-corrected chi connectivity index (χ4v) is 2.86. The van der Waals surface area contributed by atoms with Crippen LogP contribution in [0.2, 0.25) is 0 Å². The van der Waals surface area contributed by atoms with Gasteiger partial charge in [0.25, 0.3) is 5.91 Å². The molecule has 1 saturated heterocycles. The van der Waals surface area contributed by atoms with Crippen molar-refractivity contribution in [3.05, 3.63) is 34.1 Å². The van der Waals surface area contributed by atoms with Crippen LogP contribution in [-0.2, 0) is 0 Å². The molecule has 0 spiro atoms. The summed E-state index contributed by atoms with van der Waals surface area (Å²) in [6, 6.07) is 4.10. The number of aliphatic hydroxyl groups excluding tert-OH is 1. The van der Waals surface area contributed by atoms with E-state index in [1.807, 2.05) is 0 Å². The second kappa shape index (κ2) is 6.65. The summed E-state index contributed by atoms with van der Waals surface area (Å²) < 4.78 is 13.5. The summed E-state index contributed by atoms with van der Waals surface area (Å²) >= 11 is 3.23. The van der Waals surface area contributed by atoms with E-state index >= 15 is 0 Å². The third-order valence-electron chi connectivity index (χ3n) is 3.34. The number of hydrogen-bond acceptors (Lipinski definition) is 3. The highest BCUT2D eigenvalue weighted by atomic mass is 79.9. The van der Waals surface area contributed by atoms with Gasteiger partial charge in [-0.1, -0.05) is 0 Å². The van der Waals surface area contributed by atoms with Gasteiger partial charge in [0.1, 0.15) is 5.82 Å². The first kappa shape index (κ1) is 15.4. The number of amides is 1. The summed E-state index contributed by atoms with van der Waals surface area (Å²) in [4.78, 5) is 16.3. The van der Waals surface area contributed by atoms with Crippen LogP contribution in [-0.4, -0.2) is 59.6 Å². The summed E-state index contributed by atoms with van der Waals surface area (Å²) in [6.45, 7) is 5.12. The number of carbonyl (C=O) groups excluding carboxylic acids is 1. The lowest BCUT2D eigenvalue weighted by atomic mass is 10.1. The van der Waals surface area contributed by atoms with E-state index < -0.39 is 0 Å². The monoisotopic (exact) mass is 344 g/mol. The molecule has 0 aliphatic carbocycles. The number of halogens is 2. The predicted molar refractivity (Wildman–Crippen MR) is 78.1 cm³/mol. The van der Waals surface area contributed by atoms with Crippen molar-refractivity contribution in [2.75, 3.05) is 32.7 Å². The van der Waals surface area contributed by atoms with Crippen LogP contribution in [0, 0.1) is 5.82 Å². The van der Waals surface area contributed by atoms with Gasteiger partial charge in [0.2, 0.25) is 0 Å². The highest BCUT2D eigenvalue weighted by Gasteiger charge is 2.23. The second-order valence-corrected chi connectivity index (χ2v) is 5.92. The van der Waals surface area contributed by atoms with Gasteiger partial charge in [-0.25, -0.2) is 4.39 Å². The van der Waals surface area contributed by atoms with Crippen molar-refractivity contribution < 1.29 is 14.3 Å². The van der Waals surface area contributed by atoms with E-state index in [9.17, 15) is 14.3 Å². The minimum absolute atomic E-state index is 0.0893. The Morgan fingerprint density at radius 2 is 2.05 bits per heavy atom. The highest BCUT2D eigenvalue weighted by Crippen LogP contribution is 2.20. The lowest BCUT2D eigenvalue weighted by Crippen LogP contribution is -2.50. The summed E-state index contributed by atoms with van der Waals surface area (Å²) in [7, 11) is 0. The predicted octanol–water partition coefficient (Wildman–Crippen LogP) is 1.73. The van der Waals surface area contributed by atoms with Gasteiger partial charge in [0.05, 0.1) is 11.7 Å². The Morgan fingerprint density at radius 1 is 1.40 bits per heavy atom. The molecule has 0 radical (unpaired) electrons. The van der Waals surface area contributed by atoms with Crippen LogP contribution < -0.4 is 0 Å². The van der Waals surface area contributed by atoms with Gasteiger partial charge in [-0.2, -0.15) is 0 Å². The number of β-amino-alcohol motifs (C(OH)–C–C–N with tert-alkyl or cyclic N) is 1. The zero-order valence-electron chi connectivity index (χ0n) is 11.4. The average Bonchev–Trinajstić information content (AvgIpc) is 2.38. The van der Waals surface area contributed by atoms with Gasteiger partial charge in [-0.15, -0.1) is 0 Å². The van der Waals surface area contributed by atoms with Crippen LogP contribution in [0.3, 0.4) is 0 Å². The molecule has 1 aromatic carbocycles. The van der Waals surface area contributed by atoms with Crippen molar-refractivity contribution in [2.24, 2.45) is 0 Å². The minimum Gasteiger partial charge on any atom is -0.392 e. The van der Waals surface area contributed by atoms with Crippen molar-refractivity contribution in [1.82, 2.24) is 9.80 Å². The fourth-order valence-electron chi connectivity index (χ4n) is 2.34. The summed E-state index contributed by atoms with van der Waals surface area (Å²) in [5.41, 5.74) is 0.482. The molecule has 2 rings (SSSR count). The third-order valence-corrected chi connectivity index (χ3v) is 4.00. The summed E-state index contributed by atoms with van der Waals surface area (Å²) in [6.07, 6.45) is -0.358. The molecule has 1 aliphatic heterocycles. The number of hydrogen-bond donors (Lipinski definition) is 1. The number of aliphatic hydroxyl groups is 1. The maximum Gasteiger partial charge on any atom is 0.255 e. The van der Waals surface area contributed by atoms with E-state index in [0.717, 1.165) is 13.1 Å². The van der Waals surface area contributed by atoms with Crippen LogP contribution in [0.5, 0.6) is 0 Å². The Labute approximate surface area is 126 Å². The molecule has 1 unspecified atom stereocenters. The molecule has 0 aromatic heterocycles. The number of carbonyl (C=O) groups is 1. The van der Waals surface area contributed by atoms with Crippen molar-refractivity contribution in [3.63, 3.8) is 0 Å². The van der Waals surface area contributed by atoms with Crippen LogP contribution in [0.1, 0.15) is 17.3 Å². The van der Waals surface area contributed by atoms with Gasteiger partial charge in [-0.3, -0.25) is 9.69 Å². The third kappa shape index (κ3) is 3.77. The second-order valence-electron chi connectivity index (χ2n) is 5.07. The SMILES string of the molecule is CC(O)CN1CCN(C(=O)c2ccc(F)cc2Br)CC1. The van der Waals surface area contributed by atoms with Crippen LogP contribution in [0.15, 0.2) is 22.7 Å². The Balaban J connectivity index is 1.98. The Morgan fingerprint density at radius 3 is 2.60 bits per heavy atom. The molecule has 4 nitrogen and oxygen atoms in total. The van der Waals surface area contributed by atoms with E-state index in [1.165, 1.54) is 18.2 Å². The zero-order chi connectivity index (χ0) is 14.7. The van der Waals surface area contributed by atoms with Gasteiger partial charge in [0, 0.05) is 37.2 Å². The van der Waals surface area contributed by atoms with Gasteiger partial charge < -0.3 is 10.0 Å². The molecule has 1 heterocycles. The normalized spacial score (nSPS) is 18.1. The first-order valence-electron chi connectivity index (χ1n) is 6.62. The van der Waals surface area contributed by atoms with Crippen molar-refractivity contribution in [3.8, 4) is 0 Å². The van der Waals surface area contributed by atoms with Crippen LogP contribution in [0.25, 0.3) is 0 Å². The van der Waals surface area contributed by atoms with E-state index in [1.54, 1.807) is 11.8 Å². The number of rotatable bonds is 3. The molecule has 1 aromatic rings. The smallest absolute Gasteiger partial charge is 0.255 e. The van der Waals surface area contributed by atoms with E-state index in [0.29, 0.717) is 29.7 Å². The van der Waals surface area contributed by atoms with Crippen molar-refractivity contribution in [2.45, 2.75) is 13.0 Å². The quantitative estimate of drug-likeness (QED) is 0.908. The Bertz CT molecular complexity index is 488. The topological polar surface area (TPSA) is 43.8 Å². The molecular formula is C14H18BrFN2O2. The molecule has 1 aliphatic rings. The standard InChI is InChI=1S/C14H18BrFN2O2/c1-10(19)9-17-4-6-18(7-5-17)14(20)12-3-2-11(16)8-13(12)15/h2-3,8,10,19H,4-7,9H2,1H3. The fraction of sp³-hybridized carbons (Fsp3) is 0.500. The largest absolute Gasteiger partial charge is 0.392 e. The lowest BCUT2D eigenvalue weighted by molar-refractivity contribution is 0.0553. The summed E-state index contributed by atoms with van der Waals surface area (Å²) in [5.74, 6) is -0.455. The lowest BCUT2D eigenvalue weighted by Gasteiger charge is -2.35. The van der Waals surface area contributed by atoms with E-state index in [2.05, 4.69) is 20.8 Å². The molecule has 1 N–H and O–H groups in total. The molecule has 20 heavy (non-hydrogen) atoms. The Kier molecular flexibility index (Phi) is 5.12. The molecule has 1 atom stereocenters. The average molecular weight is 345 g/mol. The van der Waals surface area contributed by atoms with Gasteiger partial charge >= 0.3 is 0 Å². The van der Waals surface area contributed by atoms with Crippen LogP contribution >= 0.6 is 15.9 Å². The molecule has 1 amide bonds. The number of piperazine rings is 1. The molecule has 0 saturated carbocycles. The minimum atomic E-state index is -0.366. The van der Waals surface area contributed by atoms with Crippen molar-refractivity contribution in [1.29, 1.82) is 0 Å². The first-order valence-corrected chi connectivity index (χ1v) is 7.41. The van der Waals surface area contributed by atoms with Crippen LogP contribution in [0.4, 0.5) is 4.39 Å². The highest BCUT2D eigenvalue weighted by molar-refractivity contribution is 9.10. The van der Waals surface area contributed by atoms with E-state index in [4.69, 9.17) is 0 Å². The Hall–Kier alpha value is -0.980. The maximum atomic E-state index is 13.0. The number of benzene rings is 1. The van der Waals surface area contributed by atoms with Crippen molar-refractivity contribution >= 4 is 21.8 Å².